The van der Waals surface area contributed by atoms with Crippen molar-refractivity contribution in [3.63, 3.8) is 0 Å². The van der Waals surface area contributed by atoms with Gasteiger partial charge in [-0.3, -0.25) is 4.79 Å². The van der Waals surface area contributed by atoms with Crippen LogP contribution < -0.4 is 5.32 Å². The summed E-state index contributed by atoms with van der Waals surface area (Å²) in [4.78, 5) is 23.4. The van der Waals surface area contributed by atoms with Gasteiger partial charge in [-0.2, -0.15) is 0 Å². The predicted molar refractivity (Wildman–Crippen MR) is 104 cm³/mol. The van der Waals surface area contributed by atoms with Crippen molar-refractivity contribution in [2.45, 2.75) is 27.7 Å². The highest BCUT2D eigenvalue weighted by molar-refractivity contribution is 6.06. The molecule has 26 heavy (non-hydrogen) atoms. The maximum absolute atomic E-state index is 12.4. The number of carbonyl (C=O) groups excluding carboxylic acids is 1. The molecule has 2 N–H and O–H groups in total. The van der Waals surface area contributed by atoms with E-state index >= 15 is 0 Å². The second kappa shape index (κ2) is 6.64. The molecule has 0 aliphatic rings. The third-order valence-corrected chi connectivity index (χ3v) is 5.17. The Bertz CT molecular complexity index is 1030. The molecule has 0 unspecified atom stereocenters. The number of hydrogen-bond acceptors (Lipinski definition) is 2. The quantitative estimate of drug-likeness (QED) is 0.699. The van der Waals surface area contributed by atoms with Crippen molar-refractivity contribution in [3.05, 3.63) is 75.8 Å². The van der Waals surface area contributed by atoms with Crippen LogP contribution in [0.5, 0.6) is 0 Å². The second-order valence-electron chi connectivity index (χ2n) is 6.60. The number of hydrogen-bond donors (Lipinski definition) is 2. The second-order valence-corrected chi connectivity index (χ2v) is 6.60. The molecule has 0 saturated heterocycles. The Kier molecular flexibility index (Phi) is 4.51. The van der Waals surface area contributed by atoms with E-state index in [0.717, 1.165) is 11.1 Å². The highest BCUT2D eigenvalue weighted by atomic mass is 16.4. The lowest BCUT2D eigenvalue weighted by Crippen LogP contribution is -2.12. The summed E-state index contributed by atoms with van der Waals surface area (Å²) in [6.07, 6.45) is 0. The molecule has 3 rings (SSSR count). The van der Waals surface area contributed by atoms with E-state index in [1.54, 1.807) is 0 Å². The first-order valence-electron chi connectivity index (χ1n) is 8.44. The van der Waals surface area contributed by atoms with E-state index < -0.39 is 5.97 Å². The highest BCUT2D eigenvalue weighted by Gasteiger charge is 2.12. The Morgan fingerprint density at radius 2 is 1.27 bits per heavy atom. The van der Waals surface area contributed by atoms with Crippen LogP contribution in [0.4, 0.5) is 5.69 Å². The molecular formula is C22H21NO3. The number of aromatic carboxylic acids is 1. The lowest BCUT2D eigenvalue weighted by molar-refractivity contribution is 0.0696. The summed E-state index contributed by atoms with van der Waals surface area (Å²) >= 11 is 0. The molecule has 3 aromatic rings. The van der Waals surface area contributed by atoms with E-state index in [-0.39, 0.29) is 11.5 Å². The fourth-order valence-electron chi connectivity index (χ4n) is 3.19. The number of carboxylic acids is 1. The molecule has 4 nitrogen and oxygen atoms in total. The van der Waals surface area contributed by atoms with Gasteiger partial charge in [0, 0.05) is 11.3 Å². The topological polar surface area (TPSA) is 66.4 Å². The third-order valence-electron chi connectivity index (χ3n) is 5.17. The predicted octanol–water partition coefficient (Wildman–Crippen LogP) is 5.02. The van der Waals surface area contributed by atoms with Gasteiger partial charge in [0.2, 0.25) is 0 Å². The van der Waals surface area contributed by atoms with Gasteiger partial charge in [0.1, 0.15) is 0 Å². The van der Waals surface area contributed by atoms with Crippen molar-refractivity contribution >= 4 is 28.3 Å². The first kappa shape index (κ1) is 17.7. The SMILES string of the molecule is Cc1c(C)c(C)c2cc(NC(=O)c3ccc(C(=O)O)cc3)ccc2c1C. The summed E-state index contributed by atoms with van der Waals surface area (Å²) in [5, 5.41) is 14.2. The maximum atomic E-state index is 12.4. The monoisotopic (exact) mass is 347 g/mol. The number of benzene rings is 3. The average molecular weight is 347 g/mol. The maximum Gasteiger partial charge on any atom is 0.335 e. The molecule has 132 valence electrons. The first-order chi connectivity index (χ1) is 12.3. The zero-order valence-electron chi connectivity index (χ0n) is 15.3. The van der Waals surface area contributed by atoms with E-state index in [9.17, 15) is 9.59 Å². The number of rotatable bonds is 3. The average Bonchev–Trinajstić information content (AvgIpc) is 2.64. The normalized spacial score (nSPS) is 10.8. The Hall–Kier alpha value is -3.14. The van der Waals surface area contributed by atoms with Crippen molar-refractivity contribution in [1.29, 1.82) is 0 Å². The molecule has 0 bridgehead atoms. The number of amides is 1. The van der Waals surface area contributed by atoms with Crippen LogP contribution in [-0.4, -0.2) is 17.0 Å². The fourth-order valence-corrected chi connectivity index (χ4v) is 3.19. The van der Waals surface area contributed by atoms with Crippen LogP contribution in [-0.2, 0) is 0 Å². The van der Waals surface area contributed by atoms with Crippen LogP contribution in [0.1, 0.15) is 43.0 Å². The minimum atomic E-state index is -1.01. The summed E-state index contributed by atoms with van der Waals surface area (Å²) in [5.74, 6) is -1.28. The van der Waals surface area contributed by atoms with Gasteiger partial charge in [0.15, 0.2) is 0 Å². The Labute approximate surface area is 152 Å². The van der Waals surface area contributed by atoms with Gasteiger partial charge in [-0.25, -0.2) is 4.79 Å². The molecule has 0 aliphatic heterocycles. The van der Waals surface area contributed by atoms with Gasteiger partial charge in [0.05, 0.1) is 5.56 Å². The molecular weight excluding hydrogens is 326 g/mol. The molecule has 0 spiro atoms. The molecule has 0 fully saturated rings. The van der Waals surface area contributed by atoms with Crippen molar-refractivity contribution in [3.8, 4) is 0 Å². The lowest BCUT2D eigenvalue weighted by Gasteiger charge is -2.15. The van der Waals surface area contributed by atoms with Crippen molar-refractivity contribution in [2.24, 2.45) is 0 Å². The van der Waals surface area contributed by atoms with Crippen LogP contribution in [0.15, 0.2) is 42.5 Å². The molecule has 4 heteroatoms. The zero-order chi connectivity index (χ0) is 19.0. The minimum absolute atomic E-state index is 0.157. The van der Waals surface area contributed by atoms with Gasteiger partial charge in [-0.05, 0) is 97.1 Å². The summed E-state index contributed by atoms with van der Waals surface area (Å²) in [7, 11) is 0. The van der Waals surface area contributed by atoms with Gasteiger partial charge in [-0.1, -0.05) is 6.07 Å². The summed E-state index contributed by atoms with van der Waals surface area (Å²) in [6, 6.07) is 11.8. The van der Waals surface area contributed by atoms with Crippen molar-refractivity contribution in [1.82, 2.24) is 0 Å². The van der Waals surface area contributed by atoms with Crippen LogP contribution in [0.2, 0.25) is 0 Å². The van der Waals surface area contributed by atoms with Crippen molar-refractivity contribution in [2.75, 3.05) is 5.32 Å². The molecule has 0 aliphatic carbocycles. The number of carboxylic acid groups (broad SMARTS) is 1. The smallest absolute Gasteiger partial charge is 0.335 e. The standard InChI is InChI=1S/C22H21NO3/c1-12-13(2)15(4)20-11-18(9-10-19(20)14(12)3)23-21(24)16-5-7-17(8-6-16)22(25)26/h5-11H,1-4H3,(H,23,24)(H,25,26). The van der Waals surface area contributed by atoms with E-state index in [0.29, 0.717) is 5.56 Å². The highest BCUT2D eigenvalue weighted by Crippen LogP contribution is 2.31. The summed E-state index contributed by atoms with van der Waals surface area (Å²) in [5.41, 5.74) is 6.33. The first-order valence-corrected chi connectivity index (χ1v) is 8.44. The molecule has 0 atom stereocenters. The van der Waals surface area contributed by atoms with Crippen LogP contribution in [0, 0.1) is 27.7 Å². The van der Waals surface area contributed by atoms with Crippen LogP contribution >= 0.6 is 0 Å². The molecule has 0 heterocycles. The van der Waals surface area contributed by atoms with E-state index in [1.807, 2.05) is 18.2 Å². The van der Waals surface area contributed by atoms with E-state index in [1.165, 1.54) is 51.9 Å². The number of anilines is 1. The molecule has 3 aromatic carbocycles. The number of nitrogens with one attached hydrogen (secondary N) is 1. The Balaban J connectivity index is 1.94. The number of aryl methyl sites for hydroxylation is 2. The van der Waals surface area contributed by atoms with Crippen LogP contribution in [0.25, 0.3) is 10.8 Å². The Morgan fingerprint density at radius 3 is 1.85 bits per heavy atom. The van der Waals surface area contributed by atoms with Gasteiger partial charge >= 0.3 is 5.97 Å². The van der Waals surface area contributed by atoms with Crippen LogP contribution in [0.3, 0.4) is 0 Å². The molecule has 1 amide bonds. The van der Waals surface area contributed by atoms with E-state index in [2.05, 4.69) is 33.0 Å². The zero-order valence-corrected chi connectivity index (χ0v) is 15.3. The van der Waals surface area contributed by atoms with E-state index in [4.69, 9.17) is 5.11 Å². The molecule has 0 radical (unpaired) electrons. The van der Waals surface area contributed by atoms with Gasteiger partial charge in [0.25, 0.3) is 5.91 Å². The summed E-state index contributed by atoms with van der Waals surface area (Å²) in [6.45, 7) is 8.46. The lowest BCUT2D eigenvalue weighted by atomic mass is 9.91. The van der Waals surface area contributed by atoms with Crippen molar-refractivity contribution < 1.29 is 14.7 Å². The summed E-state index contributed by atoms with van der Waals surface area (Å²) < 4.78 is 0. The molecule has 0 saturated carbocycles. The Morgan fingerprint density at radius 1 is 0.731 bits per heavy atom. The fraction of sp³-hybridized carbons (Fsp3) is 0.182. The van der Waals surface area contributed by atoms with Gasteiger partial charge < -0.3 is 10.4 Å². The number of carbonyl (C=O) groups is 2. The van der Waals surface area contributed by atoms with Gasteiger partial charge in [-0.15, -0.1) is 0 Å². The number of fused-ring (bicyclic) bond motifs is 1. The minimum Gasteiger partial charge on any atom is -0.478 e. The molecule has 0 aromatic heterocycles. The third kappa shape index (κ3) is 3.06. The largest absolute Gasteiger partial charge is 0.478 e.